The summed E-state index contributed by atoms with van der Waals surface area (Å²) in [6.45, 7) is 0.236. The van der Waals surface area contributed by atoms with Gasteiger partial charge in [-0.1, -0.05) is 24.3 Å². The zero-order valence-corrected chi connectivity index (χ0v) is 19.0. The van der Waals surface area contributed by atoms with Crippen LogP contribution in [0.4, 0.5) is 11.4 Å². The molecule has 1 atom stereocenters. The third-order valence-electron chi connectivity index (χ3n) is 5.18. The standard InChI is InChI=1S/C24H24N2O6S/c1-30-16-17-6-5-7-18(14-17)25-24(27)23-15-26(21-8-3-4-9-22(21)32-23)33(28,29)20-12-10-19(31-2)11-13-20/h3-14,23H,15-16H2,1-2H3,(H,25,27). The monoisotopic (exact) mass is 468 g/mol. The Bertz CT molecular complexity index is 1240. The molecule has 1 N–H and O–H groups in total. The average Bonchev–Trinajstić information content (AvgIpc) is 2.83. The molecule has 0 saturated heterocycles. The van der Waals surface area contributed by atoms with Gasteiger partial charge in [0.15, 0.2) is 6.10 Å². The molecular formula is C24H24N2O6S. The molecule has 4 rings (SSSR count). The lowest BCUT2D eigenvalue weighted by atomic mass is 10.2. The first kappa shape index (κ1) is 22.6. The topological polar surface area (TPSA) is 94.2 Å². The van der Waals surface area contributed by atoms with Crippen molar-refractivity contribution in [3.63, 3.8) is 0 Å². The molecule has 0 bridgehead atoms. The first-order valence-electron chi connectivity index (χ1n) is 10.2. The maximum absolute atomic E-state index is 13.5. The van der Waals surface area contributed by atoms with E-state index in [0.717, 1.165) is 5.56 Å². The Morgan fingerprint density at radius 1 is 1.06 bits per heavy atom. The summed E-state index contributed by atoms with van der Waals surface area (Å²) >= 11 is 0. The molecule has 1 aliphatic rings. The summed E-state index contributed by atoms with van der Waals surface area (Å²) in [6, 6.07) is 20.1. The first-order chi connectivity index (χ1) is 15.9. The highest BCUT2D eigenvalue weighted by atomic mass is 32.2. The molecule has 0 aromatic heterocycles. The van der Waals surface area contributed by atoms with E-state index in [1.54, 1.807) is 61.7 Å². The number of benzene rings is 3. The number of hydrogen-bond donors (Lipinski definition) is 1. The second-order valence-corrected chi connectivity index (χ2v) is 9.27. The highest BCUT2D eigenvalue weighted by Gasteiger charge is 2.37. The van der Waals surface area contributed by atoms with Crippen molar-refractivity contribution >= 4 is 27.3 Å². The molecular weight excluding hydrogens is 444 g/mol. The minimum atomic E-state index is -3.95. The second-order valence-electron chi connectivity index (χ2n) is 7.41. The lowest BCUT2D eigenvalue weighted by Crippen LogP contribution is -2.48. The van der Waals surface area contributed by atoms with Gasteiger partial charge in [0.2, 0.25) is 0 Å². The van der Waals surface area contributed by atoms with Crippen LogP contribution in [0.2, 0.25) is 0 Å². The van der Waals surface area contributed by atoms with Gasteiger partial charge in [0.1, 0.15) is 11.5 Å². The van der Waals surface area contributed by atoms with E-state index >= 15 is 0 Å². The molecule has 8 nitrogen and oxygen atoms in total. The summed E-state index contributed by atoms with van der Waals surface area (Å²) in [4.78, 5) is 13.1. The smallest absolute Gasteiger partial charge is 0.267 e. The van der Waals surface area contributed by atoms with E-state index in [4.69, 9.17) is 14.2 Å². The highest BCUT2D eigenvalue weighted by molar-refractivity contribution is 7.92. The number of ether oxygens (including phenoxy) is 3. The van der Waals surface area contributed by atoms with Crippen LogP contribution in [-0.2, 0) is 26.2 Å². The van der Waals surface area contributed by atoms with Crippen molar-refractivity contribution in [3.8, 4) is 11.5 Å². The molecule has 9 heteroatoms. The van der Waals surface area contributed by atoms with Crippen molar-refractivity contribution in [1.82, 2.24) is 0 Å². The Labute approximate surface area is 192 Å². The largest absolute Gasteiger partial charge is 0.497 e. The van der Waals surface area contributed by atoms with Gasteiger partial charge in [-0.15, -0.1) is 0 Å². The number of nitrogens with zero attached hydrogens (tertiary/aromatic N) is 1. The van der Waals surface area contributed by atoms with Crippen LogP contribution in [0.5, 0.6) is 11.5 Å². The summed E-state index contributed by atoms with van der Waals surface area (Å²) in [5.41, 5.74) is 1.84. The Morgan fingerprint density at radius 3 is 2.55 bits per heavy atom. The van der Waals surface area contributed by atoms with Gasteiger partial charge in [-0.05, 0) is 54.1 Å². The molecule has 3 aromatic rings. The number of para-hydroxylation sites is 2. The highest BCUT2D eigenvalue weighted by Crippen LogP contribution is 2.37. The number of carbonyl (C=O) groups excluding carboxylic acids is 1. The van der Waals surface area contributed by atoms with Gasteiger partial charge in [-0.25, -0.2) is 8.42 Å². The zero-order chi connectivity index (χ0) is 23.4. The Hall–Kier alpha value is -3.56. The molecule has 0 spiro atoms. The van der Waals surface area contributed by atoms with Crippen LogP contribution in [0.1, 0.15) is 5.56 Å². The molecule has 0 aliphatic carbocycles. The normalized spacial score (nSPS) is 15.3. The fraction of sp³-hybridized carbons (Fsp3) is 0.208. The summed E-state index contributed by atoms with van der Waals surface area (Å²) in [5, 5.41) is 2.81. The lowest BCUT2D eigenvalue weighted by molar-refractivity contribution is -0.122. The van der Waals surface area contributed by atoms with Crippen molar-refractivity contribution in [3.05, 3.63) is 78.4 Å². The van der Waals surface area contributed by atoms with E-state index in [1.807, 2.05) is 6.07 Å². The van der Waals surface area contributed by atoms with Crippen LogP contribution in [0.3, 0.4) is 0 Å². The molecule has 33 heavy (non-hydrogen) atoms. The van der Waals surface area contributed by atoms with Crippen molar-refractivity contribution in [2.45, 2.75) is 17.6 Å². The molecule has 1 aliphatic heterocycles. The third kappa shape index (κ3) is 4.79. The number of carbonyl (C=O) groups is 1. The lowest BCUT2D eigenvalue weighted by Gasteiger charge is -2.34. The average molecular weight is 469 g/mol. The van der Waals surface area contributed by atoms with Gasteiger partial charge in [0, 0.05) is 12.8 Å². The van der Waals surface area contributed by atoms with Crippen molar-refractivity contribution in [2.75, 3.05) is 30.4 Å². The fourth-order valence-corrected chi connectivity index (χ4v) is 5.05. The summed E-state index contributed by atoms with van der Waals surface area (Å²) in [7, 11) is -0.849. The number of fused-ring (bicyclic) bond motifs is 1. The molecule has 0 radical (unpaired) electrons. The van der Waals surface area contributed by atoms with Crippen LogP contribution in [0, 0.1) is 0 Å². The van der Waals surface area contributed by atoms with Crippen molar-refractivity contribution in [2.24, 2.45) is 0 Å². The Balaban J connectivity index is 1.62. The van der Waals surface area contributed by atoms with E-state index in [0.29, 0.717) is 29.5 Å². The van der Waals surface area contributed by atoms with Gasteiger partial charge < -0.3 is 19.5 Å². The molecule has 1 heterocycles. The van der Waals surface area contributed by atoms with E-state index < -0.39 is 22.0 Å². The molecule has 3 aromatic carbocycles. The third-order valence-corrected chi connectivity index (χ3v) is 6.97. The minimum Gasteiger partial charge on any atom is -0.497 e. The Kier molecular flexibility index (Phi) is 6.52. The summed E-state index contributed by atoms with van der Waals surface area (Å²) in [5.74, 6) is 0.410. The number of anilines is 2. The maximum atomic E-state index is 13.5. The minimum absolute atomic E-state index is 0.0893. The van der Waals surface area contributed by atoms with Crippen LogP contribution in [-0.4, -0.2) is 41.2 Å². The fourth-order valence-electron chi connectivity index (χ4n) is 3.57. The van der Waals surface area contributed by atoms with E-state index in [9.17, 15) is 13.2 Å². The summed E-state index contributed by atoms with van der Waals surface area (Å²) in [6.07, 6.45) is -1.04. The van der Waals surface area contributed by atoms with Crippen LogP contribution < -0.4 is 19.1 Å². The molecule has 172 valence electrons. The maximum Gasteiger partial charge on any atom is 0.267 e. The van der Waals surface area contributed by atoms with Gasteiger partial charge in [-0.3, -0.25) is 9.10 Å². The number of rotatable bonds is 7. The summed E-state index contributed by atoms with van der Waals surface area (Å²) < 4.78 is 44.3. The van der Waals surface area contributed by atoms with E-state index in [1.165, 1.54) is 23.5 Å². The quantitative estimate of drug-likeness (QED) is 0.571. The van der Waals surface area contributed by atoms with Gasteiger partial charge in [0.25, 0.3) is 15.9 Å². The molecule has 0 fully saturated rings. The predicted octanol–water partition coefficient (Wildman–Crippen LogP) is 3.44. The van der Waals surface area contributed by atoms with Crippen LogP contribution in [0.25, 0.3) is 0 Å². The second kappa shape index (κ2) is 9.51. The number of sulfonamides is 1. The number of hydrogen-bond acceptors (Lipinski definition) is 6. The zero-order valence-electron chi connectivity index (χ0n) is 18.2. The Morgan fingerprint density at radius 2 is 1.82 bits per heavy atom. The van der Waals surface area contributed by atoms with E-state index in [2.05, 4.69) is 5.32 Å². The van der Waals surface area contributed by atoms with Crippen LogP contribution >= 0.6 is 0 Å². The van der Waals surface area contributed by atoms with Gasteiger partial charge in [0.05, 0.1) is 30.8 Å². The van der Waals surface area contributed by atoms with E-state index in [-0.39, 0.29) is 11.4 Å². The predicted molar refractivity (Wildman–Crippen MR) is 124 cm³/mol. The first-order valence-corrected chi connectivity index (χ1v) is 11.7. The molecule has 0 saturated carbocycles. The molecule has 1 amide bonds. The van der Waals surface area contributed by atoms with Crippen molar-refractivity contribution in [1.29, 1.82) is 0 Å². The van der Waals surface area contributed by atoms with Crippen LogP contribution in [0.15, 0.2) is 77.7 Å². The number of methoxy groups -OCH3 is 2. The number of amides is 1. The van der Waals surface area contributed by atoms with Gasteiger partial charge in [-0.2, -0.15) is 0 Å². The van der Waals surface area contributed by atoms with Gasteiger partial charge >= 0.3 is 0 Å². The number of nitrogens with one attached hydrogen (secondary N) is 1. The van der Waals surface area contributed by atoms with Crippen molar-refractivity contribution < 1.29 is 27.4 Å². The molecule has 1 unspecified atom stereocenters. The SMILES string of the molecule is COCc1cccc(NC(=O)C2CN(S(=O)(=O)c3ccc(OC)cc3)c3ccccc3O2)c1.